The van der Waals surface area contributed by atoms with Crippen molar-refractivity contribution in [3.63, 3.8) is 0 Å². The van der Waals surface area contributed by atoms with Crippen LogP contribution in [0.25, 0.3) is 11.0 Å². The van der Waals surface area contributed by atoms with Crippen LogP contribution in [-0.2, 0) is 23.1 Å². The van der Waals surface area contributed by atoms with Gasteiger partial charge in [0.2, 0.25) is 5.91 Å². The standard InChI is InChI=1S/C22H25N3O4/c1-15-9-10-17(20(12-15)29-14-16-6-5-11-28-16)23-21(26)13-25-19-8-4-3-7-18(19)24(2)22(25)27/h3-4,7-10,12,16H,5-6,11,13-14H2,1-2H3,(H,23,26). The number of carbonyl (C=O) groups is 1. The van der Waals surface area contributed by atoms with Crippen LogP contribution < -0.4 is 15.7 Å². The molecule has 1 amide bonds. The Labute approximate surface area is 168 Å². The topological polar surface area (TPSA) is 74.5 Å². The Hall–Kier alpha value is -3.06. The molecule has 1 N–H and O–H groups in total. The largest absolute Gasteiger partial charge is 0.489 e. The number of hydrogen-bond acceptors (Lipinski definition) is 4. The quantitative estimate of drug-likeness (QED) is 0.697. The minimum absolute atomic E-state index is 0.0702. The van der Waals surface area contributed by atoms with Crippen molar-refractivity contribution in [2.75, 3.05) is 18.5 Å². The summed E-state index contributed by atoms with van der Waals surface area (Å²) in [5.74, 6) is 0.327. The molecule has 7 nitrogen and oxygen atoms in total. The van der Waals surface area contributed by atoms with E-state index in [-0.39, 0.29) is 24.2 Å². The van der Waals surface area contributed by atoms with E-state index >= 15 is 0 Å². The van der Waals surface area contributed by atoms with Gasteiger partial charge in [-0.2, -0.15) is 0 Å². The molecular weight excluding hydrogens is 370 g/mol. The van der Waals surface area contributed by atoms with Gasteiger partial charge in [-0.1, -0.05) is 18.2 Å². The van der Waals surface area contributed by atoms with Gasteiger partial charge in [0.15, 0.2) is 0 Å². The molecule has 0 radical (unpaired) electrons. The summed E-state index contributed by atoms with van der Waals surface area (Å²) >= 11 is 0. The average Bonchev–Trinajstić information content (AvgIpc) is 3.32. The van der Waals surface area contributed by atoms with E-state index in [9.17, 15) is 9.59 Å². The van der Waals surface area contributed by atoms with Gasteiger partial charge in [0, 0.05) is 13.7 Å². The van der Waals surface area contributed by atoms with E-state index < -0.39 is 0 Å². The molecule has 1 aromatic heterocycles. The van der Waals surface area contributed by atoms with Crippen LogP contribution in [0.5, 0.6) is 5.75 Å². The Morgan fingerprint density at radius 1 is 1.24 bits per heavy atom. The molecule has 3 aromatic rings. The van der Waals surface area contributed by atoms with Crippen LogP contribution in [-0.4, -0.2) is 34.4 Å². The Bertz CT molecular complexity index is 1090. The molecule has 29 heavy (non-hydrogen) atoms. The molecule has 1 saturated heterocycles. The number of imidazole rings is 1. The van der Waals surface area contributed by atoms with Crippen molar-refractivity contribution in [3.05, 3.63) is 58.5 Å². The van der Waals surface area contributed by atoms with Crippen LogP contribution in [0.2, 0.25) is 0 Å². The Balaban J connectivity index is 1.51. The lowest BCUT2D eigenvalue weighted by atomic mass is 10.2. The maximum atomic E-state index is 12.7. The van der Waals surface area contributed by atoms with Crippen LogP contribution >= 0.6 is 0 Å². The van der Waals surface area contributed by atoms with Gasteiger partial charge in [-0.3, -0.25) is 13.9 Å². The number of carbonyl (C=O) groups excluding carboxylic acids is 1. The average molecular weight is 395 g/mol. The smallest absolute Gasteiger partial charge is 0.329 e. The third kappa shape index (κ3) is 4.05. The van der Waals surface area contributed by atoms with E-state index in [4.69, 9.17) is 9.47 Å². The van der Waals surface area contributed by atoms with Gasteiger partial charge in [-0.15, -0.1) is 0 Å². The Morgan fingerprint density at radius 2 is 2.03 bits per heavy atom. The number of benzene rings is 2. The van der Waals surface area contributed by atoms with Crippen LogP contribution in [0, 0.1) is 6.92 Å². The highest BCUT2D eigenvalue weighted by Crippen LogP contribution is 2.27. The first kappa shape index (κ1) is 19.3. The number of rotatable bonds is 6. The molecule has 0 aliphatic carbocycles. The third-order valence-electron chi connectivity index (χ3n) is 5.21. The fourth-order valence-corrected chi connectivity index (χ4v) is 3.66. The number of hydrogen-bond donors (Lipinski definition) is 1. The predicted molar refractivity (Wildman–Crippen MR) is 111 cm³/mol. The molecule has 4 rings (SSSR count). The number of aromatic nitrogens is 2. The molecule has 1 aliphatic rings. The van der Waals surface area contributed by atoms with Crippen molar-refractivity contribution in [3.8, 4) is 5.75 Å². The van der Waals surface area contributed by atoms with Crippen LogP contribution in [0.3, 0.4) is 0 Å². The SMILES string of the molecule is Cc1ccc(NC(=O)Cn2c(=O)n(C)c3ccccc32)c(OCC2CCCO2)c1. The molecule has 1 unspecified atom stereocenters. The second kappa shape index (κ2) is 8.13. The van der Waals surface area contributed by atoms with Gasteiger partial charge >= 0.3 is 5.69 Å². The number of para-hydroxylation sites is 2. The van der Waals surface area contributed by atoms with E-state index in [1.54, 1.807) is 11.6 Å². The molecule has 1 fully saturated rings. The number of nitrogens with zero attached hydrogens (tertiary/aromatic N) is 2. The third-order valence-corrected chi connectivity index (χ3v) is 5.21. The van der Waals surface area contributed by atoms with Gasteiger partial charge in [0.25, 0.3) is 0 Å². The van der Waals surface area contributed by atoms with Crippen LogP contribution in [0.15, 0.2) is 47.3 Å². The normalized spacial score (nSPS) is 16.3. The molecule has 2 aromatic carbocycles. The molecule has 2 heterocycles. The van der Waals surface area contributed by atoms with Crippen molar-refractivity contribution in [1.29, 1.82) is 0 Å². The minimum Gasteiger partial charge on any atom is -0.489 e. The molecule has 152 valence electrons. The summed E-state index contributed by atoms with van der Waals surface area (Å²) in [6, 6.07) is 13.1. The van der Waals surface area contributed by atoms with Gasteiger partial charge in [-0.25, -0.2) is 4.79 Å². The number of nitrogens with one attached hydrogen (secondary N) is 1. The summed E-state index contributed by atoms with van der Waals surface area (Å²) in [5.41, 5.74) is 2.93. The highest BCUT2D eigenvalue weighted by Gasteiger charge is 2.18. The molecule has 7 heteroatoms. The summed E-state index contributed by atoms with van der Waals surface area (Å²) in [5, 5.41) is 2.89. The van der Waals surface area contributed by atoms with Crippen LogP contribution in [0.4, 0.5) is 5.69 Å². The summed E-state index contributed by atoms with van der Waals surface area (Å²) in [6.45, 7) is 3.12. The van der Waals surface area contributed by atoms with Crippen molar-refractivity contribution in [1.82, 2.24) is 9.13 Å². The maximum Gasteiger partial charge on any atom is 0.329 e. The lowest BCUT2D eigenvalue weighted by Gasteiger charge is -2.16. The first-order valence-electron chi connectivity index (χ1n) is 9.82. The second-order valence-electron chi connectivity index (χ2n) is 7.41. The Morgan fingerprint density at radius 3 is 2.79 bits per heavy atom. The molecule has 0 saturated carbocycles. The number of aryl methyl sites for hydroxylation is 2. The molecule has 1 atom stereocenters. The molecule has 0 bridgehead atoms. The van der Waals surface area contributed by atoms with E-state index in [2.05, 4.69) is 5.32 Å². The van der Waals surface area contributed by atoms with Crippen molar-refractivity contribution in [2.45, 2.75) is 32.4 Å². The van der Waals surface area contributed by atoms with Crippen molar-refractivity contribution < 1.29 is 14.3 Å². The zero-order valence-electron chi connectivity index (χ0n) is 16.7. The number of amides is 1. The number of anilines is 1. The van der Waals surface area contributed by atoms with Gasteiger partial charge in [0.05, 0.1) is 22.8 Å². The van der Waals surface area contributed by atoms with Crippen molar-refractivity contribution in [2.24, 2.45) is 7.05 Å². The minimum atomic E-state index is -0.283. The van der Waals surface area contributed by atoms with Crippen molar-refractivity contribution >= 4 is 22.6 Å². The molecule has 0 spiro atoms. The predicted octanol–water partition coefficient (Wildman–Crippen LogP) is 2.84. The fraction of sp³-hybridized carbons (Fsp3) is 0.364. The monoisotopic (exact) mass is 395 g/mol. The van der Waals surface area contributed by atoms with Gasteiger partial charge in [-0.05, 0) is 49.6 Å². The van der Waals surface area contributed by atoms with E-state index in [0.717, 1.165) is 36.0 Å². The Kier molecular flexibility index (Phi) is 5.40. The molecular formula is C22H25N3O4. The highest BCUT2D eigenvalue weighted by atomic mass is 16.5. The summed E-state index contributed by atoms with van der Waals surface area (Å²) < 4.78 is 14.6. The first-order chi connectivity index (χ1) is 14.0. The van der Waals surface area contributed by atoms with E-state index in [1.165, 1.54) is 4.57 Å². The fourth-order valence-electron chi connectivity index (χ4n) is 3.66. The summed E-state index contributed by atoms with van der Waals surface area (Å²) in [4.78, 5) is 25.3. The maximum absolute atomic E-state index is 12.7. The highest BCUT2D eigenvalue weighted by molar-refractivity contribution is 5.93. The number of fused-ring (bicyclic) bond motifs is 1. The first-order valence-corrected chi connectivity index (χ1v) is 9.82. The second-order valence-corrected chi connectivity index (χ2v) is 7.41. The van der Waals surface area contributed by atoms with Gasteiger partial charge < -0.3 is 14.8 Å². The van der Waals surface area contributed by atoms with E-state index in [1.807, 2.05) is 49.4 Å². The summed E-state index contributed by atoms with van der Waals surface area (Å²) in [7, 11) is 1.70. The number of ether oxygens (including phenoxy) is 2. The molecule has 1 aliphatic heterocycles. The van der Waals surface area contributed by atoms with Crippen LogP contribution in [0.1, 0.15) is 18.4 Å². The lowest BCUT2D eigenvalue weighted by Crippen LogP contribution is -2.28. The van der Waals surface area contributed by atoms with Gasteiger partial charge in [0.1, 0.15) is 18.9 Å². The zero-order chi connectivity index (χ0) is 20.4. The van der Waals surface area contributed by atoms with E-state index in [0.29, 0.717) is 18.0 Å². The lowest BCUT2D eigenvalue weighted by molar-refractivity contribution is -0.116. The summed E-state index contributed by atoms with van der Waals surface area (Å²) in [6.07, 6.45) is 2.12. The zero-order valence-corrected chi connectivity index (χ0v) is 16.7.